The molecule has 0 saturated carbocycles. The highest BCUT2D eigenvalue weighted by atomic mass is 16.3. The average molecular weight is 277 g/mol. The Bertz CT molecular complexity index is 527. The summed E-state index contributed by atoms with van der Waals surface area (Å²) in [7, 11) is 0. The number of nitrogens with zero attached hydrogens (tertiary/aromatic N) is 5. The Kier molecular flexibility index (Phi) is 4.83. The Balaban J connectivity index is 2.24. The maximum Gasteiger partial charge on any atom is 0.257 e. The van der Waals surface area contributed by atoms with Gasteiger partial charge in [-0.25, -0.2) is 4.68 Å². The zero-order valence-electron chi connectivity index (χ0n) is 11.6. The van der Waals surface area contributed by atoms with Crippen LogP contribution in [0.3, 0.4) is 0 Å². The summed E-state index contributed by atoms with van der Waals surface area (Å²) < 4.78 is 1.56. The number of aliphatic hydroxyl groups excluding tert-OH is 1. The summed E-state index contributed by atoms with van der Waals surface area (Å²) in [5.41, 5.74) is 0. The molecule has 1 unspecified atom stereocenters. The second-order valence-corrected chi connectivity index (χ2v) is 4.39. The van der Waals surface area contributed by atoms with Crippen LogP contribution in [0.25, 0.3) is 5.95 Å². The molecule has 0 aliphatic heterocycles. The van der Waals surface area contributed by atoms with Gasteiger partial charge >= 0.3 is 0 Å². The molecule has 0 aliphatic carbocycles. The first-order valence-electron chi connectivity index (χ1n) is 6.61. The molecule has 0 bridgehead atoms. The van der Waals surface area contributed by atoms with Gasteiger partial charge in [0.1, 0.15) is 0 Å². The molecule has 108 valence electrons. The Morgan fingerprint density at radius 2 is 2.00 bits per heavy atom. The van der Waals surface area contributed by atoms with Crippen molar-refractivity contribution in [3.8, 4) is 5.95 Å². The number of nitrogens with one attached hydrogen (secondary N) is 2. The van der Waals surface area contributed by atoms with E-state index >= 15 is 0 Å². The fourth-order valence-corrected chi connectivity index (χ4v) is 1.49. The molecule has 0 spiro atoms. The lowest BCUT2D eigenvalue weighted by atomic mass is 10.4. The summed E-state index contributed by atoms with van der Waals surface area (Å²) in [4.78, 5) is 12.8. The predicted molar refractivity (Wildman–Crippen MR) is 75.9 cm³/mol. The van der Waals surface area contributed by atoms with Gasteiger partial charge in [-0.3, -0.25) is 0 Å². The minimum absolute atomic E-state index is 0.371. The summed E-state index contributed by atoms with van der Waals surface area (Å²) in [6.45, 7) is 4.90. The van der Waals surface area contributed by atoms with Crippen molar-refractivity contribution in [3.63, 3.8) is 0 Å². The molecule has 8 nitrogen and oxygen atoms in total. The van der Waals surface area contributed by atoms with Crippen LogP contribution in [0.4, 0.5) is 11.9 Å². The number of hydrogen-bond acceptors (Lipinski definition) is 7. The fraction of sp³-hybridized carbons (Fsp3) is 0.500. The molecule has 3 N–H and O–H groups in total. The molecule has 0 radical (unpaired) electrons. The van der Waals surface area contributed by atoms with E-state index in [4.69, 9.17) is 0 Å². The fourth-order valence-electron chi connectivity index (χ4n) is 1.49. The summed E-state index contributed by atoms with van der Waals surface area (Å²) in [6.07, 6.45) is 3.91. The number of anilines is 2. The third-order valence-corrected chi connectivity index (χ3v) is 2.42. The minimum Gasteiger partial charge on any atom is -0.392 e. The van der Waals surface area contributed by atoms with Gasteiger partial charge in [-0.05, 0) is 19.4 Å². The standard InChI is InChI=1S/C12H19N7O/c1-3-5-13-10-16-11(14-8-9(2)20)18-12(17-10)19-7-4-6-15-19/h4,6-7,9,20H,3,5,8H2,1-2H3,(H2,13,14,16,17,18). The number of rotatable bonds is 7. The average Bonchev–Trinajstić information content (AvgIpc) is 2.97. The third kappa shape index (κ3) is 3.89. The lowest BCUT2D eigenvalue weighted by molar-refractivity contribution is 0.208. The zero-order valence-corrected chi connectivity index (χ0v) is 11.6. The van der Waals surface area contributed by atoms with Crippen LogP contribution in [-0.4, -0.2) is 49.0 Å². The second kappa shape index (κ2) is 6.80. The lowest BCUT2D eigenvalue weighted by Crippen LogP contribution is -2.19. The van der Waals surface area contributed by atoms with Crippen LogP contribution < -0.4 is 10.6 Å². The van der Waals surface area contributed by atoms with E-state index in [0.717, 1.165) is 13.0 Å². The highest BCUT2D eigenvalue weighted by Gasteiger charge is 2.08. The Labute approximate surface area is 117 Å². The van der Waals surface area contributed by atoms with Crippen molar-refractivity contribution < 1.29 is 5.11 Å². The first-order valence-corrected chi connectivity index (χ1v) is 6.61. The molecule has 8 heteroatoms. The quantitative estimate of drug-likeness (QED) is 0.683. The largest absolute Gasteiger partial charge is 0.392 e. The molecule has 0 aliphatic rings. The maximum absolute atomic E-state index is 9.31. The summed E-state index contributed by atoms with van der Waals surface area (Å²) in [6, 6.07) is 1.80. The highest BCUT2D eigenvalue weighted by Crippen LogP contribution is 2.08. The van der Waals surface area contributed by atoms with Gasteiger partial charge in [0.2, 0.25) is 11.9 Å². The Morgan fingerprint density at radius 3 is 2.60 bits per heavy atom. The molecular weight excluding hydrogens is 258 g/mol. The topological polar surface area (TPSA) is 101 Å². The van der Waals surface area contributed by atoms with Gasteiger partial charge in [0.25, 0.3) is 5.95 Å². The van der Waals surface area contributed by atoms with Gasteiger partial charge in [-0.15, -0.1) is 0 Å². The summed E-state index contributed by atoms with van der Waals surface area (Å²) in [5, 5.41) is 19.5. The zero-order chi connectivity index (χ0) is 14.4. The molecule has 0 fully saturated rings. The van der Waals surface area contributed by atoms with Gasteiger partial charge in [0.15, 0.2) is 0 Å². The van der Waals surface area contributed by atoms with Gasteiger partial charge in [0.05, 0.1) is 6.10 Å². The van der Waals surface area contributed by atoms with Gasteiger partial charge in [0, 0.05) is 25.5 Å². The van der Waals surface area contributed by atoms with E-state index in [2.05, 4.69) is 37.6 Å². The molecule has 2 aromatic heterocycles. The number of hydrogen-bond donors (Lipinski definition) is 3. The van der Waals surface area contributed by atoms with E-state index in [-0.39, 0.29) is 0 Å². The van der Waals surface area contributed by atoms with Crippen LogP contribution in [0, 0.1) is 0 Å². The van der Waals surface area contributed by atoms with E-state index < -0.39 is 6.10 Å². The number of aliphatic hydroxyl groups is 1. The van der Waals surface area contributed by atoms with E-state index in [1.807, 2.05) is 0 Å². The SMILES string of the molecule is CCCNc1nc(NCC(C)O)nc(-n2cccn2)n1. The first kappa shape index (κ1) is 14.2. The van der Waals surface area contributed by atoms with Crippen molar-refractivity contribution in [3.05, 3.63) is 18.5 Å². The molecule has 2 aromatic rings. The molecule has 0 saturated heterocycles. The molecule has 0 aromatic carbocycles. The smallest absolute Gasteiger partial charge is 0.257 e. The van der Waals surface area contributed by atoms with E-state index in [9.17, 15) is 5.11 Å². The van der Waals surface area contributed by atoms with Gasteiger partial charge in [-0.2, -0.15) is 20.1 Å². The van der Waals surface area contributed by atoms with Crippen molar-refractivity contribution in [2.45, 2.75) is 26.4 Å². The Morgan fingerprint density at radius 1 is 1.25 bits per heavy atom. The maximum atomic E-state index is 9.31. The monoisotopic (exact) mass is 277 g/mol. The summed E-state index contributed by atoms with van der Waals surface area (Å²) in [5.74, 6) is 1.32. The minimum atomic E-state index is -0.480. The van der Waals surface area contributed by atoms with Crippen LogP contribution in [-0.2, 0) is 0 Å². The van der Waals surface area contributed by atoms with Crippen LogP contribution >= 0.6 is 0 Å². The van der Waals surface area contributed by atoms with Crippen molar-refractivity contribution in [2.75, 3.05) is 23.7 Å². The Hall–Kier alpha value is -2.22. The lowest BCUT2D eigenvalue weighted by Gasteiger charge is -2.10. The van der Waals surface area contributed by atoms with E-state index in [1.165, 1.54) is 0 Å². The van der Waals surface area contributed by atoms with Crippen molar-refractivity contribution in [1.29, 1.82) is 0 Å². The van der Waals surface area contributed by atoms with Crippen LogP contribution in [0.15, 0.2) is 18.5 Å². The predicted octanol–water partition coefficient (Wildman–Crippen LogP) is 0.672. The van der Waals surface area contributed by atoms with Gasteiger partial charge in [-0.1, -0.05) is 6.92 Å². The third-order valence-electron chi connectivity index (χ3n) is 2.42. The molecule has 1 atom stereocenters. The summed E-state index contributed by atoms with van der Waals surface area (Å²) >= 11 is 0. The second-order valence-electron chi connectivity index (χ2n) is 4.39. The van der Waals surface area contributed by atoms with E-state index in [1.54, 1.807) is 30.1 Å². The van der Waals surface area contributed by atoms with E-state index in [0.29, 0.717) is 24.4 Å². The molecule has 2 rings (SSSR count). The van der Waals surface area contributed by atoms with Crippen molar-refractivity contribution >= 4 is 11.9 Å². The van der Waals surface area contributed by atoms with Crippen LogP contribution in [0.1, 0.15) is 20.3 Å². The highest BCUT2D eigenvalue weighted by molar-refractivity contribution is 5.37. The molecule has 20 heavy (non-hydrogen) atoms. The molecule has 2 heterocycles. The number of aromatic nitrogens is 5. The molecular formula is C12H19N7O. The first-order chi connectivity index (χ1) is 9.69. The van der Waals surface area contributed by atoms with Crippen LogP contribution in [0.2, 0.25) is 0 Å². The normalized spacial score (nSPS) is 12.2. The van der Waals surface area contributed by atoms with Crippen molar-refractivity contribution in [1.82, 2.24) is 24.7 Å². The van der Waals surface area contributed by atoms with Crippen LogP contribution in [0.5, 0.6) is 0 Å². The van der Waals surface area contributed by atoms with Gasteiger partial charge < -0.3 is 15.7 Å². The van der Waals surface area contributed by atoms with Crippen molar-refractivity contribution in [2.24, 2.45) is 0 Å². The molecule has 0 amide bonds.